The van der Waals surface area contributed by atoms with Gasteiger partial charge in [-0.1, -0.05) is 0 Å². The summed E-state index contributed by atoms with van der Waals surface area (Å²) in [5.41, 5.74) is 0. The molecule has 42 heavy (non-hydrogen) atoms. The van der Waals surface area contributed by atoms with Gasteiger partial charge in [-0.3, -0.25) is 0 Å². The predicted molar refractivity (Wildman–Crippen MR) is 137 cm³/mol. The molecule has 5 fully saturated rings. The van der Waals surface area contributed by atoms with Crippen molar-refractivity contribution in [2.24, 2.45) is 11.8 Å². The van der Waals surface area contributed by atoms with Gasteiger partial charge in [0.05, 0.1) is 55.9 Å². The Kier molecular flexibility index (Phi) is 10.8. The van der Waals surface area contributed by atoms with Crippen LogP contribution in [0.4, 0.5) is 0 Å². The number of aliphatic hydroxyl groups excluding tert-OH is 9. The SMILES string of the molecule is COC1CC(C2OC3CC(O)CC(O)C3CC2OC2OC(CO)C(O)C(O)C2OC2OCC(O)C(O)C2O)CCC1O. The van der Waals surface area contributed by atoms with Crippen LogP contribution in [-0.4, -0.2) is 164 Å². The molecule has 5 rings (SSSR count). The molecule has 18 atom stereocenters. The van der Waals surface area contributed by atoms with Crippen LogP contribution >= 0.6 is 0 Å². The van der Waals surface area contributed by atoms with Gasteiger partial charge in [0.1, 0.15) is 42.7 Å². The molecule has 9 N–H and O–H groups in total. The van der Waals surface area contributed by atoms with Crippen molar-refractivity contribution in [2.45, 2.75) is 137 Å². The van der Waals surface area contributed by atoms with Crippen molar-refractivity contribution in [1.29, 1.82) is 0 Å². The fraction of sp³-hybridized carbons (Fsp3) is 1.00. The monoisotopic (exact) mass is 610 g/mol. The molecule has 3 aliphatic heterocycles. The summed E-state index contributed by atoms with van der Waals surface area (Å²) >= 11 is 0. The van der Waals surface area contributed by atoms with Crippen molar-refractivity contribution in [3.63, 3.8) is 0 Å². The van der Waals surface area contributed by atoms with E-state index < -0.39 is 105 Å². The maximum absolute atomic E-state index is 11.0. The van der Waals surface area contributed by atoms with Gasteiger partial charge >= 0.3 is 0 Å². The number of aliphatic hydroxyl groups is 9. The molecule has 15 nitrogen and oxygen atoms in total. The maximum atomic E-state index is 11.0. The average molecular weight is 611 g/mol. The smallest absolute Gasteiger partial charge is 0.187 e. The van der Waals surface area contributed by atoms with Crippen molar-refractivity contribution in [1.82, 2.24) is 0 Å². The Morgan fingerprint density at radius 3 is 2.17 bits per heavy atom. The molecule has 5 aliphatic rings. The Morgan fingerprint density at radius 2 is 1.45 bits per heavy atom. The molecule has 2 saturated carbocycles. The van der Waals surface area contributed by atoms with Gasteiger partial charge in [-0.05, 0) is 44.4 Å². The highest BCUT2D eigenvalue weighted by molar-refractivity contribution is 4.99. The summed E-state index contributed by atoms with van der Waals surface area (Å²) in [6, 6.07) is 0. The zero-order valence-electron chi connectivity index (χ0n) is 23.5. The van der Waals surface area contributed by atoms with E-state index in [1.165, 1.54) is 7.11 Å². The first kappa shape index (κ1) is 32.8. The largest absolute Gasteiger partial charge is 0.394 e. The molecular formula is C27H46O15. The van der Waals surface area contributed by atoms with E-state index in [1.54, 1.807) is 0 Å². The molecule has 0 amide bonds. The van der Waals surface area contributed by atoms with Crippen LogP contribution in [0.3, 0.4) is 0 Å². The second-order valence-electron chi connectivity index (χ2n) is 12.4. The van der Waals surface area contributed by atoms with E-state index in [4.69, 9.17) is 28.4 Å². The lowest BCUT2D eigenvalue weighted by molar-refractivity contribution is -0.371. The van der Waals surface area contributed by atoms with Crippen LogP contribution in [-0.2, 0) is 28.4 Å². The number of ether oxygens (including phenoxy) is 6. The Bertz CT molecular complexity index is 867. The number of hydrogen-bond donors (Lipinski definition) is 9. The van der Waals surface area contributed by atoms with Crippen molar-refractivity contribution < 1.29 is 74.4 Å². The molecule has 0 bridgehead atoms. The van der Waals surface area contributed by atoms with Crippen LogP contribution < -0.4 is 0 Å². The Balaban J connectivity index is 1.40. The lowest BCUT2D eigenvalue weighted by Gasteiger charge is -2.51. The minimum Gasteiger partial charge on any atom is -0.394 e. The number of rotatable bonds is 7. The molecule has 2 aliphatic carbocycles. The lowest BCUT2D eigenvalue weighted by Crippen LogP contribution is -2.64. The third-order valence-electron chi connectivity index (χ3n) is 9.64. The van der Waals surface area contributed by atoms with E-state index in [1.807, 2.05) is 0 Å². The van der Waals surface area contributed by atoms with E-state index in [2.05, 4.69) is 0 Å². The zero-order chi connectivity index (χ0) is 30.3. The number of hydrogen-bond acceptors (Lipinski definition) is 15. The minimum atomic E-state index is -1.69. The first-order chi connectivity index (χ1) is 20.0. The minimum absolute atomic E-state index is 0.146. The topological polar surface area (TPSA) is 237 Å². The summed E-state index contributed by atoms with van der Waals surface area (Å²) in [7, 11) is 1.52. The first-order valence-corrected chi connectivity index (χ1v) is 14.8. The Hall–Kier alpha value is -0.600. The summed E-state index contributed by atoms with van der Waals surface area (Å²) in [5, 5.41) is 93.3. The Morgan fingerprint density at radius 1 is 0.690 bits per heavy atom. The van der Waals surface area contributed by atoms with E-state index in [-0.39, 0.29) is 24.9 Å². The highest BCUT2D eigenvalue weighted by Gasteiger charge is 2.53. The number of fused-ring (bicyclic) bond motifs is 1. The highest BCUT2D eigenvalue weighted by Crippen LogP contribution is 2.44. The second-order valence-corrected chi connectivity index (χ2v) is 12.4. The molecule has 0 spiro atoms. The molecule has 0 aromatic rings. The molecule has 18 unspecified atom stereocenters. The van der Waals surface area contributed by atoms with Crippen LogP contribution in [0, 0.1) is 11.8 Å². The van der Waals surface area contributed by atoms with Gasteiger partial charge in [0.25, 0.3) is 0 Å². The summed E-state index contributed by atoms with van der Waals surface area (Å²) in [4.78, 5) is 0. The van der Waals surface area contributed by atoms with E-state index in [0.29, 0.717) is 32.1 Å². The van der Waals surface area contributed by atoms with Crippen molar-refractivity contribution in [3.05, 3.63) is 0 Å². The molecule has 244 valence electrons. The second kappa shape index (κ2) is 13.8. The zero-order valence-corrected chi connectivity index (χ0v) is 23.5. The van der Waals surface area contributed by atoms with Gasteiger partial charge in [-0.2, -0.15) is 0 Å². The van der Waals surface area contributed by atoms with Crippen molar-refractivity contribution >= 4 is 0 Å². The molecular weight excluding hydrogens is 564 g/mol. The van der Waals surface area contributed by atoms with Gasteiger partial charge in [-0.15, -0.1) is 0 Å². The van der Waals surface area contributed by atoms with Crippen LogP contribution in [0.5, 0.6) is 0 Å². The third-order valence-corrected chi connectivity index (χ3v) is 9.64. The fourth-order valence-electron chi connectivity index (χ4n) is 7.18. The molecule has 3 heterocycles. The molecule has 0 aromatic carbocycles. The highest BCUT2D eigenvalue weighted by atomic mass is 16.8. The Labute approximate surface area is 243 Å². The van der Waals surface area contributed by atoms with Gasteiger partial charge in [0.2, 0.25) is 0 Å². The molecule has 0 radical (unpaired) electrons. The van der Waals surface area contributed by atoms with Crippen LogP contribution in [0.1, 0.15) is 38.5 Å². The van der Waals surface area contributed by atoms with E-state index in [9.17, 15) is 46.0 Å². The van der Waals surface area contributed by atoms with Crippen LogP contribution in [0.2, 0.25) is 0 Å². The summed E-state index contributed by atoms with van der Waals surface area (Å²) < 4.78 is 35.4. The summed E-state index contributed by atoms with van der Waals surface area (Å²) in [5.74, 6) is -0.526. The van der Waals surface area contributed by atoms with Gasteiger partial charge in [0.15, 0.2) is 12.6 Å². The van der Waals surface area contributed by atoms with Gasteiger partial charge in [-0.25, -0.2) is 0 Å². The number of methoxy groups -OCH3 is 1. The third kappa shape index (κ3) is 6.66. The quantitative estimate of drug-likeness (QED) is 0.134. The standard InChI is InChI=1S/C27H46O15/c1-37-17-4-10(2-3-13(17)30)24-18(7-12-14(31)5-11(29)6-16(12)39-24)40-27-25(22(35)21(34)19(8-28)41-27)42-26-23(36)20(33)15(32)9-38-26/h10-36H,2-9H2,1H3. The summed E-state index contributed by atoms with van der Waals surface area (Å²) in [6.07, 6.45) is -15.7. The van der Waals surface area contributed by atoms with Gasteiger partial charge in [0, 0.05) is 13.0 Å². The van der Waals surface area contributed by atoms with Crippen LogP contribution in [0.15, 0.2) is 0 Å². The molecule has 0 aromatic heterocycles. The normalized spacial score (nSPS) is 53.9. The average Bonchev–Trinajstić information content (AvgIpc) is 2.97. The fourth-order valence-corrected chi connectivity index (χ4v) is 7.18. The maximum Gasteiger partial charge on any atom is 0.187 e. The van der Waals surface area contributed by atoms with Crippen molar-refractivity contribution in [2.75, 3.05) is 20.3 Å². The lowest BCUT2D eigenvalue weighted by atomic mass is 9.72. The first-order valence-electron chi connectivity index (χ1n) is 14.8. The van der Waals surface area contributed by atoms with Gasteiger partial charge < -0.3 is 74.4 Å². The molecule has 3 saturated heterocycles. The van der Waals surface area contributed by atoms with Crippen LogP contribution in [0.25, 0.3) is 0 Å². The summed E-state index contributed by atoms with van der Waals surface area (Å²) in [6.45, 7) is -1.01. The van der Waals surface area contributed by atoms with E-state index in [0.717, 1.165) is 0 Å². The molecule has 15 heteroatoms. The van der Waals surface area contributed by atoms with Crippen molar-refractivity contribution in [3.8, 4) is 0 Å². The predicted octanol–water partition coefficient (Wildman–Crippen LogP) is -3.90. The van der Waals surface area contributed by atoms with E-state index >= 15 is 0 Å².